The molecule has 1 aromatic carbocycles. The molecule has 2 aromatic rings. The molecule has 0 bridgehead atoms. The Hall–Kier alpha value is -1.99. The summed E-state index contributed by atoms with van der Waals surface area (Å²) < 4.78 is 20.8. The smallest absolute Gasteiger partial charge is 0.138 e. The minimum Gasteiger partial charge on any atom is -0.486 e. The summed E-state index contributed by atoms with van der Waals surface area (Å²) in [5.74, 6) is 5.87. The van der Waals surface area contributed by atoms with E-state index in [0.29, 0.717) is 17.9 Å². The van der Waals surface area contributed by atoms with Crippen LogP contribution in [0.15, 0.2) is 24.3 Å². The molecule has 0 aliphatic rings. The van der Waals surface area contributed by atoms with E-state index in [1.165, 1.54) is 12.1 Å². The number of hydrogen-bond donors (Lipinski definition) is 0. The van der Waals surface area contributed by atoms with Gasteiger partial charge in [-0.15, -0.1) is 11.6 Å². The number of ether oxygens (including phenoxy) is 1. The molecular formula is C16H16ClFN2O. The van der Waals surface area contributed by atoms with Gasteiger partial charge in [-0.1, -0.05) is 18.8 Å². The third-order valence-corrected chi connectivity index (χ3v) is 3.13. The molecule has 0 saturated carbocycles. The molecule has 110 valence electrons. The molecule has 0 atom stereocenters. The molecule has 1 heterocycles. The van der Waals surface area contributed by atoms with Crippen LogP contribution in [-0.2, 0) is 20.1 Å². The molecule has 0 N–H and O–H groups in total. The third-order valence-electron chi connectivity index (χ3n) is 3.00. The van der Waals surface area contributed by atoms with Crippen LogP contribution in [0.2, 0.25) is 0 Å². The Kier molecular flexibility index (Phi) is 5.24. The molecular weight excluding hydrogens is 291 g/mol. The van der Waals surface area contributed by atoms with Crippen molar-refractivity contribution in [2.24, 2.45) is 7.05 Å². The summed E-state index contributed by atoms with van der Waals surface area (Å²) in [4.78, 5) is 0. The Morgan fingerprint density at radius 2 is 2.19 bits per heavy atom. The van der Waals surface area contributed by atoms with Crippen molar-refractivity contribution in [1.82, 2.24) is 9.78 Å². The first kappa shape index (κ1) is 15.4. The lowest BCUT2D eigenvalue weighted by Crippen LogP contribution is -2.04. The largest absolute Gasteiger partial charge is 0.486 e. The SMILES string of the molecule is CCc1cc(COc2cc(F)ccc2C#CCCl)n(C)n1. The average molecular weight is 307 g/mol. The topological polar surface area (TPSA) is 27.1 Å². The number of aryl methyl sites for hydroxylation is 2. The highest BCUT2D eigenvalue weighted by Gasteiger charge is 2.08. The van der Waals surface area contributed by atoms with Crippen molar-refractivity contribution in [3.63, 3.8) is 0 Å². The normalized spacial score (nSPS) is 10.1. The van der Waals surface area contributed by atoms with Crippen molar-refractivity contribution in [3.05, 3.63) is 47.0 Å². The van der Waals surface area contributed by atoms with Gasteiger partial charge in [0.25, 0.3) is 0 Å². The van der Waals surface area contributed by atoms with Gasteiger partial charge in [-0.25, -0.2) is 4.39 Å². The molecule has 0 aliphatic heterocycles. The minimum atomic E-state index is -0.360. The average Bonchev–Trinajstić information content (AvgIpc) is 2.84. The Balaban J connectivity index is 2.18. The fourth-order valence-corrected chi connectivity index (χ4v) is 1.95. The van der Waals surface area contributed by atoms with E-state index in [-0.39, 0.29) is 11.7 Å². The van der Waals surface area contributed by atoms with Gasteiger partial charge in [0, 0.05) is 13.1 Å². The van der Waals surface area contributed by atoms with Crippen LogP contribution in [-0.4, -0.2) is 15.7 Å². The number of nitrogens with zero attached hydrogens (tertiary/aromatic N) is 2. The van der Waals surface area contributed by atoms with Crippen molar-refractivity contribution in [2.75, 3.05) is 5.88 Å². The predicted octanol–water partition coefficient (Wildman–Crippen LogP) is 3.29. The summed E-state index contributed by atoms with van der Waals surface area (Å²) in [5.41, 5.74) is 2.54. The van der Waals surface area contributed by atoms with Crippen LogP contribution in [0.1, 0.15) is 23.9 Å². The number of alkyl halides is 1. The van der Waals surface area contributed by atoms with Gasteiger partial charge in [0.1, 0.15) is 18.2 Å². The van der Waals surface area contributed by atoms with Crippen LogP contribution >= 0.6 is 11.6 Å². The van der Waals surface area contributed by atoms with E-state index in [2.05, 4.69) is 16.9 Å². The molecule has 0 unspecified atom stereocenters. The van der Waals surface area contributed by atoms with Crippen LogP contribution in [0.25, 0.3) is 0 Å². The van der Waals surface area contributed by atoms with Gasteiger partial charge in [0.2, 0.25) is 0 Å². The Morgan fingerprint density at radius 1 is 1.38 bits per heavy atom. The molecule has 0 radical (unpaired) electrons. The van der Waals surface area contributed by atoms with E-state index in [0.717, 1.165) is 17.8 Å². The molecule has 0 amide bonds. The zero-order valence-corrected chi connectivity index (χ0v) is 12.7. The second-order valence-corrected chi connectivity index (χ2v) is 4.74. The molecule has 0 spiro atoms. The molecule has 3 nitrogen and oxygen atoms in total. The van der Waals surface area contributed by atoms with Crippen LogP contribution in [0.4, 0.5) is 4.39 Å². The molecule has 5 heteroatoms. The van der Waals surface area contributed by atoms with E-state index >= 15 is 0 Å². The predicted molar refractivity (Wildman–Crippen MR) is 80.9 cm³/mol. The van der Waals surface area contributed by atoms with E-state index < -0.39 is 0 Å². The van der Waals surface area contributed by atoms with Gasteiger partial charge in [-0.2, -0.15) is 5.10 Å². The third kappa shape index (κ3) is 3.99. The van der Waals surface area contributed by atoms with Gasteiger partial charge in [0.15, 0.2) is 0 Å². The van der Waals surface area contributed by atoms with Gasteiger partial charge in [-0.3, -0.25) is 4.68 Å². The monoisotopic (exact) mass is 306 g/mol. The van der Waals surface area contributed by atoms with Crippen molar-refractivity contribution in [3.8, 4) is 17.6 Å². The van der Waals surface area contributed by atoms with Crippen LogP contribution in [0.3, 0.4) is 0 Å². The molecule has 0 saturated heterocycles. The lowest BCUT2D eigenvalue weighted by Gasteiger charge is -2.08. The van der Waals surface area contributed by atoms with Crippen molar-refractivity contribution in [2.45, 2.75) is 20.0 Å². The number of aromatic nitrogens is 2. The number of halogens is 2. The molecule has 21 heavy (non-hydrogen) atoms. The fourth-order valence-electron chi connectivity index (χ4n) is 1.88. The highest BCUT2D eigenvalue weighted by Crippen LogP contribution is 2.20. The zero-order valence-electron chi connectivity index (χ0n) is 12.0. The Morgan fingerprint density at radius 3 is 2.86 bits per heavy atom. The van der Waals surface area contributed by atoms with Gasteiger partial charge < -0.3 is 4.74 Å². The van der Waals surface area contributed by atoms with Gasteiger partial charge >= 0.3 is 0 Å². The first-order valence-corrected chi connectivity index (χ1v) is 7.16. The van der Waals surface area contributed by atoms with E-state index in [1.807, 2.05) is 20.0 Å². The number of hydrogen-bond acceptors (Lipinski definition) is 2. The first-order chi connectivity index (χ1) is 10.1. The van der Waals surface area contributed by atoms with E-state index in [1.54, 1.807) is 10.7 Å². The molecule has 0 aliphatic carbocycles. The maximum Gasteiger partial charge on any atom is 0.138 e. The van der Waals surface area contributed by atoms with Crippen molar-refractivity contribution >= 4 is 11.6 Å². The van der Waals surface area contributed by atoms with Gasteiger partial charge in [0.05, 0.1) is 22.8 Å². The summed E-state index contributed by atoms with van der Waals surface area (Å²) >= 11 is 5.55. The van der Waals surface area contributed by atoms with Crippen molar-refractivity contribution < 1.29 is 9.13 Å². The van der Waals surface area contributed by atoms with Crippen molar-refractivity contribution in [1.29, 1.82) is 0 Å². The fraction of sp³-hybridized carbons (Fsp3) is 0.312. The summed E-state index contributed by atoms with van der Waals surface area (Å²) in [6.45, 7) is 2.35. The number of benzene rings is 1. The second-order valence-electron chi connectivity index (χ2n) is 4.47. The minimum absolute atomic E-state index is 0.221. The molecule has 1 aromatic heterocycles. The Bertz CT molecular complexity index is 685. The quantitative estimate of drug-likeness (QED) is 0.640. The van der Waals surface area contributed by atoms with E-state index in [9.17, 15) is 4.39 Å². The second kappa shape index (κ2) is 7.14. The standard InChI is InChI=1S/C16H16ClFN2O/c1-3-14-10-15(20(2)19-14)11-21-16-9-13(18)7-6-12(16)5-4-8-17/h6-7,9-10H,3,8,11H2,1-2H3. The highest BCUT2D eigenvalue weighted by molar-refractivity contribution is 6.19. The van der Waals surface area contributed by atoms with Gasteiger partial charge in [-0.05, 0) is 24.6 Å². The summed E-state index contributed by atoms with van der Waals surface area (Å²) in [5, 5.41) is 4.35. The molecule has 2 rings (SSSR count). The summed E-state index contributed by atoms with van der Waals surface area (Å²) in [6, 6.07) is 6.24. The zero-order chi connectivity index (χ0) is 15.2. The summed E-state index contributed by atoms with van der Waals surface area (Å²) in [6.07, 6.45) is 0.861. The van der Waals surface area contributed by atoms with E-state index in [4.69, 9.17) is 16.3 Å². The maximum absolute atomic E-state index is 13.4. The Labute approximate surface area is 128 Å². The maximum atomic E-state index is 13.4. The lowest BCUT2D eigenvalue weighted by atomic mass is 10.2. The van der Waals surface area contributed by atoms with Crippen LogP contribution in [0.5, 0.6) is 5.75 Å². The molecule has 0 fully saturated rings. The van der Waals surface area contributed by atoms with Crippen LogP contribution in [0, 0.1) is 17.7 Å². The number of rotatable bonds is 4. The first-order valence-electron chi connectivity index (χ1n) is 6.63. The lowest BCUT2D eigenvalue weighted by molar-refractivity contribution is 0.292. The van der Waals surface area contributed by atoms with Crippen LogP contribution < -0.4 is 4.74 Å². The summed E-state index contributed by atoms with van der Waals surface area (Å²) in [7, 11) is 1.86. The highest BCUT2D eigenvalue weighted by atomic mass is 35.5.